The Morgan fingerprint density at radius 2 is 1.71 bits per heavy atom. The number of rotatable bonds is 0. The van der Waals surface area contributed by atoms with Crippen LogP contribution in [0.2, 0.25) is 0 Å². The fourth-order valence-electron chi connectivity index (χ4n) is 0. The summed E-state index contributed by atoms with van der Waals surface area (Å²) >= 11 is 0. The number of ether oxygens (including phenoxy) is 1. The summed E-state index contributed by atoms with van der Waals surface area (Å²) in [6.45, 7) is 0. The van der Waals surface area contributed by atoms with Crippen LogP contribution in [0.3, 0.4) is 0 Å². The van der Waals surface area contributed by atoms with Crippen LogP contribution in [0.4, 0.5) is 4.79 Å². The van der Waals surface area contributed by atoms with Gasteiger partial charge in [-0.3, -0.25) is 0 Å². The molecular weight excluding hydrogens is 150 g/mol. The molecule has 0 radical (unpaired) electrons. The third-order valence-corrected chi connectivity index (χ3v) is 0.167. The van der Waals surface area contributed by atoms with Crippen LogP contribution < -0.4 is 108 Å². The number of hydrogen-bond donors (Lipinski definition) is 0. The van der Waals surface area contributed by atoms with Gasteiger partial charge >= 0.3 is 103 Å². The van der Waals surface area contributed by atoms with Crippen molar-refractivity contribution in [2.24, 2.45) is 0 Å². The Hall–Kier alpha value is 2.54. The van der Waals surface area contributed by atoms with Crippen LogP contribution in [-0.2, 0) is 4.74 Å². The minimum absolute atomic E-state index is 0. The predicted molar refractivity (Wildman–Crippen MR) is 12.4 cm³/mol. The van der Waals surface area contributed by atoms with Gasteiger partial charge in [-0.25, -0.2) is 0 Å². The first kappa shape index (κ1) is 16.3. The molecule has 0 aliphatic rings. The molecule has 0 saturated carbocycles. The largest absolute Gasteiger partial charge is 1.00 e. The van der Waals surface area contributed by atoms with Crippen molar-refractivity contribution in [2.45, 2.75) is 0 Å². The zero-order valence-electron chi connectivity index (χ0n) is 4.72. The van der Waals surface area contributed by atoms with E-state index in [0.29, 0.717) is 0 Å². The Morgan fingerprint density at radius 1 is 1.57 bits per heavy atom. The van der Waals surface area contributed by atoms with E-state index in [1.165, 1.54) is 0 Å². The van der Waals surface area contributed by atoms with Gasteiger partial charge in [0.05, 0.1) is 0 Å². The molecule has 0 aromatic carbocycles. The Bertz CT molecular complexity index is 46.2. The third-order valence-electron chi connectivity index (χ3n) is 0.167. The van der Waals surface area contributed by atoms with Gasteiger partial charge < -0.3 is 14.6 Å². The molecule has 5 heteroatoms. The Kier molecular flexibility index (Phi) is 26.4. The standard InChI is InChI=1S/C2H4O3.2K/c1-5-2(3)4;;/h1H3,(H,3,4);;/q;2*+1/p-1. The zero-order chi connectivity index (χ0) is 4.28. The monoisotopic (exact) mass is 153 g/mol. The third kappa shape index (κ3) is 17.7. The summed E-state index contributed by atoms with van der Waals surface area (Å²) in [6.07, 6.45) is -1.50. The van der Waals surface area contributed by atoms with Gasteiger partial charge in [-0.2, -0.15) is 0 Å². The van der Waals surface area contributed by atoms with E-state index < -0.39 is 6.16 Å². The van der Waals surface area contributed by atoms with Crippen molar-refractivity contribution in [2.75, 3.05) is 7.11 Å². The van der Waals surface area contributed by atoms with Crippen molar-refractivity contribution in [1.82, 2.24) is 0 Å². The Labute approximate surface area is 127 Å². The van der Waals surface area contributed by atoms with Crippen LogP contribution in [0, 0.1) is 0 Å². The van der Waals surface area contributed by atoms with Gasteiger partial charge in [0.15, 0.2) is 0 Å². The molecule has 0 aromatic heterocycles. The molecule has 0 aliphatic carbocycles. The van der Waals surface area contributed by atoms with E-state index in [9.17, 15) is 0 Å². The fraction of sp³-hybridized carbons (Fsp3) is 0.500. The van der Waals surface area contributed by atoms with Crippen molar-refractivity contribution in [3.05, 3.63) is 0 Å². The van der Waals surface area contributed by atoms with E-state index in [4.69, 9.17) is 9.90 Å². The maximum atomic E-state index is 9.03. The van der Waals surface area contributed by atoms with Crippen LogP contribution in [0.15, 0.2) is 0 Å². The van der Waals surface area contributed by atoms with Gasteiger partial charge in [0.1, 0.15) is 0 Å². The van der Waals surface area contributed by atoms with Gasteiger partial charge in [-0.05, 0) is 0 Å². The molecule has 0 spiro atoms. The maximum absolute atomic E-state index is 9.03. The molecule has 0 rings (SSSR count). The van der Waals surface area contributed by atoms with E-state index in [1.807, 2.05) is 0 Å². The average Bonchev–Trinajstić information content (AvgIpc) is 1.38. The number of methoxy groups -OCH3 is 1. The molecule has 3 nitrogen and oxygen atoms in total. The van der Waals surface area contributed by atoms with E-state index >= 15 is 0 Å². The second kappa shape index (κ2) is 11.4. The minimum atomic E-state index is -1.50. The normalized spacial score (nSPS) is 4.71. The quantitative estimate of drug-likeness (QED) is 0.257. The summed E-state index contributed by atoms with van der Waals surface area (Å²) in [5, 5.41) is 9.03. The average molecular weight is 153 g/mol. The molecule has 0 heterocycles. The SMILES string of the molecule is COC(=O)[O-].[K+].[K+]. The number of carbonyl (C=O) groups excluding carboxylic acids is 1. The first-order valence-electron chi connectivity index (χ1n) is 1.02. The van der Waals surface area contributed by atoms with E-state index in [1.54, 1.807) is 0 Å². The van der Waals surface area contributed by atoms with Crippen LogP contribution in [-0.4, -0.2) is 13.3 Å². The molecule has 0 aliphatic heterocycles. The topological polar surface area (TPSA) is 49.4 Å². The van der Waals surface area contributed by atoms with Crippen LogP contribution in [0.25, 0.3) is 0 Å². The first-order valence-corrected chi connectivity index (χ1v) is 1.02. The summed E-state index contributed by atoms with van der Waals surface area (Å²) in [6, 6.07) is 0. The second-order valence-electron chi connectivity index (χ2n) is 0.454. The van der Waals surface area contributed by atoms with Crippen molar-refractivity contribution < 1.29 is 117 Å². The van der Waals surface area contributed by atoms with Crippen LogP contribution in [0.1, 0.15) is 0 Å². The van der Waals surface area contributed by atoms with Crippen molar-refractivity contribution >= 4 is 6.16 Å². The van der Waals surface area contributed by atoms with Crippen LogP contribution in [0.5, 0.6) is 0 Å². The molecular formula is C2H3K2O3+. The summed E-state index contributed by atoms with van der Waals surface area (Å²) in [5.74, 6) is 0. The Morgan fingerprint density at radius 3 is 1.71 bits per heavy atom. The molecule has 30 valence electrons. The summed E-state index contributed by atoms with van der Waals surface area (Å²) in [7, 11) is 1.04. The van der Waals surface area contributed by atoms with Gasteiger partial charge in [0.25, 0.3) is 6.16 Å². The molecule has 0 atom stereocenters. The molecule has 0 bridgehead atoms. The second-order valence-corrected chi connectivity index (χ2v) is 0.454. The molecule has 0 aromatic rings. The van der Waals surface area contributed by atoms with Gasteiger partial charge in [0, 0.05) is 7.11 Å². The van der Waals surface area contributed by atoms with Crippen molar-refractivity contribution in [3.8, 4) is 0 Å². The number of hydrogen-bond acceptors (Lipinski definition) is 3. The maximum Gasteiger partial charge on any atom is 1.00 e. The first-order chi connectivity index (χ1) is 2.27. The fourth-order valence-corrected chi connectivity index (χ4v) is 0. The summed E-state index contributed by atoms with van der Waals surface area (Å²) < 4.78 is 3.56. The van der Waals surface area contributed by atoms with E-state index in [-0.39, 0.29) is 103 Å². The number of carbonyl (C=O) groups is 1. The summed E-state index contributed by atoms with van der Waals surface area (Å²) in [4.78, 5) is 9.03. The summed E-state index contributed by atoms with van der Waals surface area (Å²) in [5.41, 5.74) is 0. The van der Waals surface area contributed by atoms with Gasteiger partial charge in [-0.15, -0.1) is 0 Å². The molecule has 0 amide bonds. The molecule has 0 N–H and O–H groups in total. The number of carboxylic acid groups (broad SMARTS) is 1. The van der Waals surface area contributed by atoms with E-state index in [2.05, 4.69) is 4.74 Å². The van der Waals surface area contributed by atoms with Crippen LogP contribution >= 0.6 is 0 Å². The molecule has 7 heavy (non-hydrogen) atoms. The van der Waals surface area contributed by atoms with Gasteiger partial charge in [-0.1, -0.05) is 0 Å². The smallest absolute Gasteiger partial charge is 0.553 e. The Balaban J connectivity index is -0.0000000800. The molecule has 0 saturated heterocycles. The van der Waals surface area contributed by atoms with Crippen molar-refractivity contribution in [3.63, 3.8) is 0 Å². The van der Waals surface area contributed by atoms with Crippen molar-refractivity contribution in [1.29, 1.82) is 0 Å². The van der Waals surface area contributed by atoms with Gasteiger partial charge in [0.2, 0.25) is 0 Å². The molecule has 0 unspecified atom stereocenters. The minimum Gasteiger partial charge on any atom is -0.553 e. The van der Waals surface area contributed by atoms with E-state index in [0.717, 1.165) is 7.11 Å². The predicted octanol–water partition coefficient (Wildman–Crippen LogP) is -7.02. The zero-order valence-corrected chi connectivity index (χ0v) is 11.0. The molecule has 0 fully saturated rings.